The number of carboxylic acids is 1. The molecule has 2 aromatic rings. The molecule has 0 radical (unpaired) electrons. The van der Waals surface area contributed by atoms with Gasteiger partial charge in [-0.25, -0.2) is 4.79 Å². The van der Waals surface area contributed by atoms with Crippen LogP contribution in [-0.4, -0.2) is 21.4 Å². The fourth-order valence-corrected chi connectivity index (χ4v) is 1.81. The van der Waals surface area contributed by atoms with Gasteiger partial charge in [0.1, 0.15) is 5.69 Å². The standard InChI is InChI=1S/C14H13NO3/c1-9-4-3-5-12(6-9)15-8-11(10(2)16)7-13(15)14(17)18/h3-8H,1-2H3,(H,17,18). The predicted octanol–water partition coefficient (Wildman–Crippen LogP) is 2.69. The van der Waals surface area contributed by atoms with Crippen molar-refractivity contribution in [2.45, 2.75) is 13.8 Å². The quantitative estimate of drug-likeness (QED) is 0.843. The van der Waals surface area contributed by atoms with E-state index in [1.165, 1.54) is 17.6 Å². The fourth-order valence-electron chi connectivity index (χ4n) is 1.81. The molecule has 0 saturated carbocycles. The van der Waals surface area contributed by atoms with Crippen molar-refractivity contribution in [2.75, 3.05) is 0 Å². The second kappa shape index (κ2) is 4.49. The van der Waals surface area contributed by atoms with Gasteiger partial charge in [-0.1, -0.05) is 12.1 Å². The Bertz CT molecular complexity index is 626. The third-order valence-electron chi connectivity index (χ3n) is 2.73. The molecule has 0 spiro atoms. The van der Waals surface area contributed by atoms with Gasteiger partial charge in [0, 0.05) is 17.4 Å². The first-order chi connectivity index (χ1) is 8.49. The number of benzene rings is 1. The summed E-state index contributed by atoms with van der Waals surface area (Å²) >= 11 is 0. The van der Waals surface area contributed by atoms with E-state index in [0.29, 0.717) is 5.56 Å². The van der Waals surface area contributed by atoms with Crippen LogP contribution in [0.25, 0.3) is 5.69 Å². The Hall–Kier alpha value is -2.36. The first kappa shape index (κ1) is 12.1. The summed E-state index contributed by atoms with van der Waals surface area (Å²) in [6, 6.07) is 8.86. The minimum Gasteiger partial charge on any atom is -0.477 e. The average Bonchev–Trinajstić information content (AvgIpc) is 2.73. The highest BCUT2D eigenvalue weighted by atomic mass is 16.4. The van der Waals surface area contributed by atoms with E-state index < -0.39 is 5.97 Å². The van der Waals surface area contributed by atoms with E-state index in [1.807, 2.05) is 31.2 Å². The number of aromatic nitrogens is 1. The van der Waals surface area contributed by atoms with Gasteiger partial charge in [0.05, 0.1) is 0 Å². The Morgan fingerprint density at radius 1 is 1.22 bits per heavy atom. The second-order valence-corrected chi connectivity index (χ2v) is 4.18. The highest BCUT2D eigenvalue weighted by Gasteiger charge is 2.15. The van der Waals surface area contributed by atoms with Gasteiger partial charge in [0.2, 0.25) is 0 Å². The number of hydrogen-bond acceptors (Lipinski definition) is 2. The predicted molar refractivity (Wildman–Crippen MR) is 67.5 cm³/mol. The molecule has 0 aliphatic carbocycles. The van der Waals surface area contributed by atoms with E-state index in [2.05, 4.69) is 0 Å². The fraction of sp³-hybridized carbons (Fsp3) is 0.143. The van der Waals surface area contributed by atoms with Crippen LogP contribution in [0.1, 0.15) is 33.3 Å². The largest absolute Gasteiger partial charge is 0.477 e. The van der Waals surface area contributed by atoms with Gasteiger partial charge in [0.25, 0.3) is 0 Å². The van der Waals surface area contributed by atoms with Crippen LogP contribution in [0.2, 0.25) is 0 Å². The number of aryl methyl sites for hydroxylation is 1. The van der Waals surface area contributed by atoms with Crippen molar-refractivity contribution in [3.05, 3.63) is 53.3 Å². The van der Waals surface area contributed by atoms with Crippen molar-refractivity contribution >= 4 is 11.8 Å². The van der Waals surface area contributed by atoms with Gasteiger partial charge in [0.15, 0.2) is 5.78 Å². The summed E-state index contributed by atoms with van der Waals surface area (Å²) in [7, 11) is 0. The monoisotopic (exact) mass is 243 g/mol. The molecule has 0 fully saturated rings. The van der Waals surface area contributed by atoms with E-state index in [0.717, 1.165) is 11.3 Å². The molecule has 4 nitrogen and oxygen atoms in total. The maximum atomic E-state index is 11.3. The lowest BCUT2D eigenvalue weighted by Crippen LogP contribution is -2.05. The lowest BCUT2D eigenvalue weighted by atomic mass is 10.2. The van der Waals surface area contributed by atoms with Crippen LogP contribution in [0, 0.1) is 6.92 Å². The number of ketones is 1. The van der Waals surface area contributed by atoms with Gasteiger partial charge >= 0.3 is 5.97 Å². The molecule has 0 saturated heterocycles. The van der Waals surface area contributed by atoms with Crippen molar-refractivity contribution in [3.63, 3.8) is 0 Å². The smallest absolute Gasteiger partial charge is 0.352 e. The molecular weight excluding hydrogens is 230 g/mol. The number of hydrogen-bond donors (Lipinski definition) is 1. The van der Waals surface area contributed by atoms with Crippen molar-refractivity contribution < 1.29 is 14.7 Å². The first-order valence-corrected chi connectivity index (χ1v) is 5.52. The minimum atomic E-state index is -1.05. The zero-order valence-corrected chi connectivity index (χ0v) is 10.2. The molecule has 2 rings (SSSR count). The van der Waals surface area contributed by atoms with E-state index in [4.69, 9.17) is 5.11 Å². The zero-order chi connectivity index (χ0) is 13.3. The van der Waals surface area contributed by atoms with E-state index in [-0.39, 0.29) is 11.5 Å². The number of carbonyl (C=O) groups excluding carboxylic acids is 1. The van der Waals surface area contributed by atoms with Crippen LogP contribution < -0.4 is 0 Å². The van der Waals surface area contributed by atoms with E-state index in [9.17, 15) is 9.59 Å². The molecule has 0 amide bonds. The van der Waals surface area contributed by atoms with E-state index >= 15 is 0 Å². The zero-order valence-electron chi connectivity index (χ0n) is 10.2. The molecule has 0 bridgehead atoms. The van der Waals surface area contributed by atoms with Crippen LogP contribution >= 0.6 is 0 Å². The number of carbonyl (C=O) groups is 2. The summed E-state index contributed by atoms with van der Waals surface area (Å²) in [5.41, 5.74) is 2.25. The van der Waals surface area contributed by atoms with E-state index in [1.54, 1.807) is 6.20 Å². The molecule has 1 N–H and O–H groups in total. The number of Topliss-reactive ketones (excluding diaryl/α,β-unsaturated/α-hetero) is 1. The Labute approximate surface area is 104 Å². The summed E-state index contributed by atoms with van der Waals surface area (Å²) in [4.78, 5) is 22.5. The Kier molecular flexibility index (Phi) is 3.02. The van der Waals surface area contributed by atoms with Gasteiger partial charge in [-0.2, -0.15) is 0 Å². The van der Waals surface area contributed by atoms with Crippen LogP contribution in [0.3, 0.4) is 0 Å². The van der Waals surface area contributed by atoms with Crippen molar-refractivity contribution in [2.24, 2.45) is 0 Å². The normalized spacial score (nSPS) is 10.3. The number of carboxylic acid groups (broad SMARTS) is 1. The minimum absolute atomic E-state index is 0.0887. The molecule has 1 aromatic heterocycles. The maximum absolute atomic E-state index is 11.3. The molecule has 1 heterocycles. The molecule has 4 heteroatoms. The lowest BCUT2D eigenvalue weighted by Gasteiger charge is -2.06. The number of rotatable bonds is 3. The molecule has 0 atom stereocenters. The van der Waals surface area contributed by atoms with Crippen LogP contribution in [0.4, 0.5) is 0 Å². The third-order valence-corrected chi connectivity index (χ3v) is 2.73. The average molecular weight is 243 g/mol. The van der Waals surface area contributed by atoms with Gasteiger partial charge in [-0.05, 0) is 37.6 Å². The molecule has 18 heavy (non-hydrogen) atoms. The maximum Gasteiger partial charge on any atom is 0.352 e. The SMILES string of the molecule is CC(=O)c1cc(C(=O)O)n(-c2cccc(C)c2)c1. The third kappa shape index (κ3) is 2.18. The molecule has 0 unspecified atom stereocenters. The molecule has 0 aliphatic heterocycles. The molecule has 1 aromatic carbocycles. The van der Waals surface area contributed by atoms with Crippen LogP contribution in [0.15, 0.2) is 36.5 Å². The number of nitrogens with zero attached hydrogens (tertiary/aromatic N) is 1. The highest BCUT2D eigenvalue weighted by molar-refractivity contribution is 5.97. The van der Waals surface area contributed by atoms with Crippen molar-refractivity contribution in [1.82, 2.24) is 4.57 Å². The summed E-state index contributed by atoms with van der Waals surface area (Å²) in [5.74, 6) is -1.20. The Morgan fingerprint density at radius 2 is 1.94 bits per heavy atom. The summed E-state index contributed by atoms with van der Waals surface area (Å²) < 4.78 is 1.52. The second-order valence-electron chi connectivity index (χ2n) is 4.18. The Morgan fingerprint density at radius 3 is 2.50 bits per heavy atom. The summed E-state index contributed by atoms with van der Waals surface area (Å²) in [6.45, 7) is 3.35. The van der Waals surface area contributed by atoms with Gasteiger partial charge < -0.3 is 9.67 Å². The van der Waals surface area contributed by atoms with Crippen molar-refractivity contribution in [1.29, 1.82) is 0 Å². The number of aromatic carboxylic acids is 1. The van der Waals surface area contributed by atoms with Crippen LogP contribution in [-0.2, 0) is 0 Å². The van der Waals surface area contributed by atoms with Gasteiger partial charge in [-0.15, -0.1) is 0 Å². The van der Waals surface area contributed by atoms with Gasteiger partial charge in [-0.3, -0.25) is 4.79 Å². The molecule has 0 aliphatic rings. The molecular formula is C14H13NO3. The Balaban J connectivity index is 2.62. The lowest BCUT2D eigenvalue weighted by molar-refractivity contribution is 0.0688. The molecule has 92 valence electrons. The first-order valence-electron chi connectivity index (χ1n) is 5.52. The van der Waals surface area contributed by atoms with Crippen molar-refractivity contribution in [3.8, 4) is 5.69 Å². The summed E-state index contributed by atoms with van der Waals surface area (Å²) in [6.07, 6.45) is 1.56. The topological polar surface area (TPSA) is 59.3 Å². The highest BCUT2D eigenvalue weighted by Crippen LogP contribution is 2.17. The van der Waals surface area contributed by atoms with Crippen LogP contribution in [0.5, 0.6) is 0 Å². The summed E-state index contributed by atoms with van der Waals surface area (Å²) in [5, 5.41) is 9.16.